The molecule has 3 heteroatoms. The van der Waals surface area contributed by atoms with Crippen LogP contribution in [0, 0.1) is 11.8 Å². The smallest absolute Gasteiger partial charge is 0.114 e. The van der Waals surface area contributed by atoms with Crippen LogP contribution in [0.15, 0.2) is 0 Å². The second kappa shape index (κ2) is 5.76. The van der Waals surface area contributed by atoms with Crippen molar-refractivity contribution in [2.24, 2.45) is 11.8 Å². The molecule has 2 aliphatic rings. The molecule has 0 saturated heterocycles. The number of nitrogens with one attached hydrogen (secondary N) is 1. The molecule has 20 heavy (non-hydrogen) atoms. The molecule has 0 aromatic carbocycles. The van der Waals surface area contributed by atoms with Crippen molar-refractivity contribution < 1.29 is 0 Å². The van der Waals surface area contributed by atoms with Gasteiger partial charge in [0.1, 0.15) is 5.01 Å². The predicted molar refractivity (Wildman–Crippen MR) is 86.3 cm³/mol. The molecular weight excluding hydrogens is 264 g/mol. The van der Waals surface area contributed by atoms with Gasteiger partial charge < -0.3 is 5.32 Å². The largest absolute Gasteiger partial charge is 0.305 e. The third kappa shape index (κ3) is 2.43. The van der Waals surface area contributed by atoms with Crippen LogP contribution in [0.2, 0.25) is 0 Å². The van der Waals surface area contributed by atoms with Crippen molar-refractivity contribution in [3.63, 3.8) is 0 Å². The summed E-state index contributed by atoms with van der Waals surface area (Å²) in [5, 5.41) is 5.24. The van der Waals surface area contributed by atoms with E-state index >= 15 is 0 Å². The molecule has 1 N–H and O–H groups in total. The molecule has 0 radical (unpaired) electrons. The minimum Gasteiger partial charge on any atom is -0.305 e. The monoisotopic (exact) mass is 292 g/mol. The Hall–Kier alpha value is -0.410. The van der Waals surface area contributed by atoms with Gasteiger partial charge in [-0.2, -0.15) is 0 Å². The molecule has 1 saturated carbocycles. The number of aryl methyl sites for hydroxylation is 2. The molecular formula is C17H28N2S. The number of aromatic nitrogens is 1. The SMILES string of the molecule is CCNC1(c2nc3c(s2)CCCC3)CCC(C)CC1C. The van der Waals surface area contributed by atoms with Crippen LogP contribution in [0.25, 0.3) is 0 Å². The first kappa shape index (κ1) is 14.5. The normalized spacial score (nSPS) is 34.0. The molecule has 1 heterocycles. The number of nitrogens with zero attached hydrogens (tertiary/aromatic N) is 1. The average Bonchev–Trinajstić information content (AvgIpc) is 2.86. The zero-order valence-corrected chi connectivity index (χ0v) is 14.0. The van der Waals surface area contributed by atoms with Crippen molar-refractivity contribution in [2.45, 2.75) is 71.3 Å². The molecule has 0 aliphatic heterocycles. The second-order valence-corrected chi connectivity index (χ2v) is 7.96. The lowest BCUT2D eigenvalue weighted by Crippen LogP contribution is -2.50. The quantitative estimate of drug-likeness (QED) is 0.899. The van der Waals surface area contributed by atoms with E-state index in [4.69, 9.17) is 4.98 Å². The lowest BCUT2D eigenvalue weighted by molar-refractivity contribution is 0.123. The van der Waals surface area contributed by atoms with E-state index in [1.165, 1.54) is 55.6 Å². The lowest BCUT2D eigenvalue weighted by Gasteiger charge is -2.44. The maximum absolute atomic E-state index is 5.10. The van der Waals surface area contributed by atoms with Gasteiger partial charge >= 0.3 is 0 Å². The fourth-order valence-corrected chi connectivity index (χ4v) is 5.62. The predicted octanol–water partition coefficient (Wildman–Crippen LogP) is 4.28. The van der Waals surface area contributed by atoms with E-state index < -0.39 is 0 Å². The van der Waals surface area contributed by atoms with Crippen LogP contribution in [-0.4, -0.2) is 11.5 Å². The minimum absolute atomic E-state index is 0.156. The molecule has 1 fully saturated rings. The molecule has 2 nitrogen and oxygen atoms in total. The van der Waals surface area contributed by atoms with Gasteiger partial charge in [0.15, 0.2) is 0 Å². The summed E-state index contributed by atoms with van der Waals surface area (Å²) in [4.78, 5) is 6.67. The Bertz CT molecular complexity index is 444. The molecule has 0 spiro atoms. The summed E-state index contributed by atoms with van der Waals surface area (Å²) in [6.07, 6.45) is 9.08. The number of rotatable bonds is 3. The van der Waals surface area contributed by atoms with Crippen LogP contribution in [0.5, 0.6) is 0 Å². The van der Waals surface area contributed by atoms with Crippen LogP contribution in [0.4, 0.5) is 0 Å². The Balaban J connectivity index is 1.95. The van der Waals surface area contributed by atoms with Crippen LogP contribution in [0.3, 0.4) is 0 Å². The fourth-order valence-electron chi connectivity index (χ4n) is 4.16. The fraction of sp³-hybridized carbons (Fsp3) is 0.824. The maximum atomic E-state index is 5.10. The summed E-state index contributed by atoms with van der Waals surface area (Å²) >= 11 is 2.01. The van der Waals surface area contributed by atoms with Crippen LogP contribution < -0.4 is 5.32 Å². The van der Waals surface area contributed by atoms with E-state index in [0.717, 1.165) is 12.5 Å². The topological polar surface area (TPSA) is 24.9 Å². The van der Waals surface area contributed by atoms with Crippen molar-refractivity contribution in [3.05, 3.63) is 15.6 Å². The highest BCUT2D eigenvalue weighted by molar-refractivity contribution is 7.11. The van der Waals surface area contributed by atoms with E-state index in [2.05, 4.69) is 26.1 Å². The molecule has 112 valence electrons. The van der Waals surface area contributed by atoms with Crippen molar-refractivity contribution >= 4 is 11.3 Å². The highest BCUT2D eigenvalue weighted by Gasteiger charge is 2.43. The van der Waals surface area contributed by atoms with E-state index in [1.54, 1.807) is 4.88 Å². The number of hydrogen-bond donors (Lipinski definition) is 1. The summed E-state index contributed by atoms with van der Waals surface area (Å²) in [5.41, 5.74) is 1.57. The van der Waals surface area contributed by atoms with Crippen molar-refractivity contribution in [3.8, 4) is 0 Å². The van der Waals surface area contributed by atoms with Gasteiger partial charge in [-0.1, -0.05) is 20.8 Å². The highest BCUT2D eigenvalue weighted by Crippen LogP contribution is 2.46. The molecule has 0 amide bonds. The molecule has 2 aliphatic carbocycles. The Morgan fingerprint density at radius 3 is 2.80 bits per heavy atom. The van der Waals surface area contributed by atoms with Gasteiger partial charge in [0, 0.05) is 4.88 Å². The third-order valence-corrected chi connectivity index (χ3v) is 6.68. The summed E-state index contributed by atoms with van der Waals surface area (Å²) < 4.78 is 0. The first-order valence-corrected chi connectivity index (χ1v) is 9.21. The van der Waals surface area contributed by atoms with Gasteiger partial charge in [-0.3, -0.25) is 0 Å². The summed E-state index contributed by atoms with van der Waals surface area (Å²) in [6, 6.07) is 0. The zero-order chi connectivity index (χ0) is 14.2. The standard InChI is InChI=1S/C17H28N2S/c1-4-18-17(10-9-12(2)11-13(17)3)16-19-14-7-5-6-8-15(14)20-16/h12-13,18H,4-11H2,1-3H3. The van der Waals surface area contributed by atoms with E-state index in [0.29, 0.717) is 5.92 Å². The Kier molecular flexibility index (Phi) is 4.19. The Morgan fingerprint density at radius 1 is 1.30 bits per heavy atom. The molecule has 3 unspecified atom stereocenters. The first-order valence-electron chi connectivity index (χ1n) is 8.39. The van der Waals surface area contributed by atoms with Crippen LogP contribution in [0.1, 0.15) is 68.5 Å². The molecule has 0 bridgehead atoms. The Morgan fingerprint density at radius 2 is 2.10 bits per heavy atom. The van der Waals surface area contributed by atoms with Gasteiger partial charge in [0.05, 0.1) is 11.2 Å². The summed E-state index contributed by atoms with van der Waals surface area (Å²) in [6.45, 7) is 8.11. The van der Waals surface area contributed by atoms with Gasteiger partial charge in [-0.05, 0) is 63.3 Å². The van der Waals surface area contributed by atoms with Crippen molar-refractivity contribution in [1.29, 1.82) is 0 Å². The van der Waals surface area contributed by atoms with E-state index in [-0.39, 0.29) is 5.54 Å². The van der Waals surface area contributed by atoms with Crippen molar-refractivity contribution in [2.75, 3.05) is 6.54 Å². The zero-order valence-electron chi connectivity index (χ0n) is 13.2. The van der Waals surface area contributed by atoms with Gasteiger partial charge in [0.2, 0.25) is 0 Å². The lowest BCUT2D eigenvalue weighted by atomic mass is 9.70. The molecule has 3 rings (SSSR count). The summed E-state index contributed by atoms with van der Waals surface area (Å²) in [7, 11) is 0. The van der Waals surface area contributed by atoms with E-state index in [1.807, 2.05) is 11.3 Å². The maximum Gasteiger partial charge on any atom is 0.114 e. The number of hydrogen-bond acceptors (Lipinski definition) is 3. The van der Waals surface area contributed by atoms with Crippen LogP contribution >= 0.6 is 11.3 Å². The number of thiazole rings is 1. The van der Waals surface area contributed by atoms with Gasteiger partial charge in [-0.15, -0.1) is 11.3 Å². The van der Waals surface area contributed by atoms with E-state index in [9.17, 15) is 0 Å². The minimum atomic E-state index is 0.156. The van der Waals surface area contributed by atoms with Gasteiger partial charge in [0.25, 0.3) is 0 Å². The van der Waals surface area contributed by atoms with Crippen molar-refractivity contribution in [1.82, 2.24) is 10.3 Å². The molecule has 1 aromatic heterocycles. The molecule has 1 aromatic rings. The van der Waals surface area contributed by atoms with Gasteiger partial charge in [-0.25, -0.2) is 4.98 Å². The molecule has 3 atom stereocenters. The highest BCUT2D eigenvalue weighted by atomic mass is 32.1. The number of fused-ring (bicyclic) bond motifs is 1. The second-order valence-electron chi connectivity index (χ2n) is 6.88. The first-order chi connectivity index (χ1) is 9.65. The van der Waals surface area contributed by atoms with Crippen LogP contribution in [-0.2, 0) is 18.4 Å². The average molecular weight is 292 g/mol. The summed E-state index contributed by atoms with van der Waals surface area (Å²) in [5.74, 6) is 1.56. The third-order valence-electron chi connectivity index (χ3n) is 5.35. The Labute approximate surface area is 127 Å².